The van der Waals surface area contributed by atoms with Crippen molar-refractivity contribution < 1.29 is 14.3 Å². The number of fused-ring (bicyclic) bond motifs is 2. The number of carbonyl (C=O) groups excluding carboxylic acids is 2. The van der Waals surface area contributed by atoms with Gasteiger partial charge >= 0.3 is 5.97 Å². The van der Waals surface area contributed by atoms with Crippen molar-refractivity contribution in [3.63, 3.8) is 0 Å². The van der Waals surface area contributed by atoms with Crippen molar-refractivity contribution in [2.75, 3.05) is 0 Å². The number of ketones is 1. The number of esters is 1. The van der Waals surface area contributed by atoms with Crippen LogP contribution in [0.3, 0.4) is 0 Å². The molecule has 0 bridgehead atoms. The second-order valence-electron chi connectivity index (χ2n) is 5.62. The van der Waals surface area contributed by atoms with E-state index < -0.39 is 0 Å². The molecule has 3 rings (SSSR count). The van der Waals surface area contributed by atoms with E-state index in [-0.39, 0.29) is 29.2 Å². The average molecular weight is 232 g/mol. The normalized spacial score (nSPS) is 40.5. The van der Waals surface area contributed by atoms with Gasteiger partial charge in [-0.3, -0.25) is 4.79 Å². The first-order valence-electron chi connectivity index (χ1n) is 6.16. The molecular weight excluding hydrogens is 216 g/mol. The van der Waals surface area contributed by atoms with Gasteiger partial charge in [-0.2, -0.15) is 0 Å². The summed E-state index contributed by atoms with van der Waals surface area (Å²) in [5.41, 5.74) is 1.31. The summed E-state index contributed by atoms with van der Waals surface area (Å²) in [5.74, 6) is -0.136. The lowest BCUT2D eigenvalue weighted by Gasteiger charge is -2.41. The number of allylic oxidation sites excluding steroid dienone is 1. The molecule has 0 spiro atoms. The van der Waals surface area contributed by atoms with Gasteiger partial charge in [0.2, 0.25) is 0 Å². The van der Waals surface area contributed by atoms with Gasteiger partial charge in [0.1, 0.15) is 6.10 Å². The summed E-state index contributed by atoms with van der Waals surface area (Å²) >= 11 is 0. The Labute approximate surface area is 101 Å². The van der Waals surface area contributed by atoms with E-state index in [4.69, 9.17) is 4.74 Å². The molecule has 3 aliphatic rings. The first-order chi connectivity index (χ1) is 8.01. The molecule has 0 aromatic carbocycles. The monoisotopic (exact) mass is 232 g/mol. The van der Waals surface area contributed by atoms with E-state index in [0.717, 1.165) is 24.8 Å². The molecule has 0 amide bonds. The minimum atomic E-state index is -0.299. The Bertz CT molecular complexity index is 460. The second-order valence-corrected chi connectivity index (χ2v) is 5.62. The molecule has 0 aromatic rings. The topological polar surface area (TPSA) is 43.4 Å². The van der Waals surface area contributed by atoms with Gasteiger partial charge in [0.15, 0.2) is 5.78 Å². The van der Waals surface area contributed by atoms with Crippen LogP contribution in [0.25, 0.3) is 0 Å². The summed E-state index contributed by atoms with van der Waals surface area (Å²) in [5, 5.41) is 0. The fourth-order valence-electron chi connectivity index (χ4n) is 3.40. The van der Waals surface area contributed by atoms with Crippen molar-refractivity contribution in [3.05, 3.63) is 23.8 Å². The summed E-state index contributed by atoms with van der Waals surface area (Å²) in [6.45, 7) is 5.89. The van der Waals surface area contributed by atoms with E-state index in [1.165, 1.54) is 0 Å². The molecule has 0 unspecified atom stereocenters. The number of rotatable bonds is 0. The third-order valence-electron chi connectivity index (χ3n) is 4.40. The van der Waals surface area contributed by atoms with Gasteiger partial charge in [0, 0.05) is 17.9 Å². The van der Waals surface area contributed by atoms with Gasteiger partial charge in [-0.15, -0.1) is 0 Å². The van der Waals surface area contributed by atoms with Gasteiger partial charge in [-0.1, -0.05) is 19.6 Å². The number of hydrogen-bond donors (Lipinski definition) is 0. The Morgan fingerprint density at radius 3 is 3.00 bits per heavy atom. The van der Waals surface area contributed by atoms with E-state index >= 15 is 0 Å². The highest BCUT2D eigenvalue weighted by Crippen LogP contribution is 2.50. The fourth-order valence-corrected chi connectivity index (χ4v) is 3.40. The van der Waals surface area contributed by atoms with Crippen LogP contribution in [0.2, 0.25) is 0 Å². The molecule has 1 heterocycles. The molecule has 3 nitrogen and oxygen atoms in total. The quantitative estimate of drug-likeness (QED) is 0.475. The highest BCUT2D eigenvalue weighted by atomic mass is 16.6. The summed E-state index contributed by atoms with van der Waals surface area (Å²) in [6.07, 6.45) is 5.20. The minimum Gasteiger partial charge on any atom is -0.458 e. The summed E-state index contributed by atoms with van der Waals surface area (Å²) in [4.78, 5) is 23.5. The smallest absolute Gasteiger partial charge is 0.334 e. The number of Topliss-reactive ketones (excluding diaryl/α,β-unsaturated/α-hetero) is 1. The molecule has 0 aromatic heterocycles. The molecule has 2 fully saturated rings. The lowest BCUT2D eigenvalue weighted by molar-refractivity contribution is -0.140. The van der Waals surface area contributed by atoms with E-state index in [1.54, 1.807) is 0 Å². The van der Waals surface area contributed by atoms with E-state index in [1.807, 2.05) is 6.08 Å². The Kier molecular flexibility index (Phi) is 2.09. The van der Waals surface area contributed by atoms with Crippen LogP contribution < -0.4 is 0 Å². The molecule has 1 saturated heterocycles. The Hall–Kier alpha value is -1.38. The SMILES string of the molecule is C=C1C(=O)O[C@@H]2C[C@@]3(C)CCCC(=O)C3=C[C@H]12. The fraction of sp³-hybridized carbons (Fsp3) is 0.571. The Morgan fingerprint density at radius 1 is 1.47 bits per heavy atom. The molecule has 3 heteroatoms. The maximum atomic E-state index is 12.0. The standard InChI is InChI=1S/C14H16O3/c1-8-9-6-10-11(15)4-3-5-14(10,2)7-12(9)17-13(8)16/h6,9,12H,1,3-5,7H2,2H3/t9-,12-,14-/m1/s1. The molecule has 90 valence electrons. The van der Waals surface area contributed by atoms with Crippen LogP contribution in [-0.4, -0.2) is 17.9 Å². The van der Waals surface area contributed by atoms with Gasteiger partial charge in [0.25, 0.3) is 0 Å². The van der Waals surface area contributed by atoms with Crippen LogP contribution >= 0.6 is 0 Å². The molecule has 1 saturated carbocycles. The first-order valence-corrected chi connectivity index (χ1v) is 6.16. The maximum absolute atomic E-state index is 12.0. The lowest BCUT2D eigenvalue weighted by Crippen LogP contribution is -2.38. The van der Waals surface area contributed by atoms with E-state index in [2.05, 4.69) is 13.5 Å². The van der Waals surface area contributed by atoms with Crippen LogP contribution in [0, 0.1) is 11.3 Å². The lowest BCUT2D eigenvalue weighted by atomic mass is 9.62. The highest BCUT2D eigenvalue weighted by Gasteiger charge is 2.49. The highest BCUT2D eigenvalue weighted by molar-refractivity contribution is 5.99. The average Bonchev–Trinajstić information content (AvgIpc) is 2.52. The van der Waals surface area contributed by atoms with Gasteiger partial charge in [-0.25, -0.2) is 4.79 Å². The Morgan fingerprint density at radius 2 is 2.24 bits per heavy atom. The van der Waals surface area contributed by atoms with Crippen molar-refractivity contribution >= 4 is 11.8 Å². The molecule has 0 radical (unpaired) electrons. The zero-order valence-electron chi connectivity index (χ0n) is 9.99. The largest absolute Gasteiger partial charge is 0.458 e. The zero-order valence-corrected chi connectivity index (χ0v) is 9.99. The van der Waals surface area contributed by atoms with Crippen LogP contribution in [0.5, 0.6) is 0 Å². The van der Waals surface area contributed by atoms with Crippen LogP contribution in [0.1, 0.15) is 32.6 Å². The first kappa shape index (κ1) is 10.8. The third-order valence-corrected chi connectivity index (χ3v) is 4.40. The number of ether oxygens (including phenoxy) is 1. The summed E-state index contributed by atoms with van der Waals surface area (Å²) < 4.78 is 5.33. The molecule has 1 aliphatic heterocycles. The molecular formula is C14H16O3. The van der Waals surface area contributed by atoms with E-state index in [0.29, 0.717) is 12.0 Å². The molecule has 3 atom stereocenters. The molecule has 2 aliphatic carbocycles. The minimum absolute atomic E-state index is 0.0763. The number of hydrogen-bond acceptors (Lipinski definition) is 3. The van der Waals surface area contributed by atoms with E-state index in [9.17, 15) is 9.59 Å². The van der Waals surface area contributed by atoms with Crippen LogP contribution in [0.15, 0.2) is 23.8 Å². The maximum Gasteiger partial charge on any atom is 0.334 e. The predicted octanol–water partition coefficient (Wildman–Crippen LogP) is 2.17. The van der Waals surface area contributed by atoms with Gasteiger partial charge in [-0.05, 0) is 30.3 Å². The van der Waals surface area contributed by atoms with Crippen molar-refractivity contribution in [1.82, 2.24) is 0 Å². The molecule has 17 heavy (non-hydrogen) atoms. The van der Waals surface area contributed by atoms with Crippen molar-refractivity contribution in [2.45, 2.75) is 38.7 Å². The van der Waals surface area contributed by atoms with Crippen molar-refractivity contribution in [3.8, 4) is 0 Å². The molecule has 0 N–H and O–H groups in total. The van der Waals surface area contributed by atoms with Gasteiger partial charge in [0.05, 0.1) is 0 Å². The zero-order chi connectivity index (χ0) is 12.2. The summed E-state index contributed by atoms with van der Waals surface area (Å²) in [6, 6.07) is 0. The van der Waals surface area contributed by atoms with Gasteiger partial charge < -0.3 is 4.74 Å². The van der Waals surface area contributed by atoms with Crippen LogP contribution in [0.4, 0.5) is 0 Å². The second kappa shape index (κ2) is 3.31. The predicted molar refractivity (Wildman–Crippen MR) is 62.2 cm³/mol. The Balaban J connectivity index is 2.04. The van der Waals surface area contributed by atoms with Crippen LogP contribution in [-0.2, 0) is 14.3 Å². The third kappa shape index (κ3) is 1.41. The van der Waals surface area contributed by atoms with Crippen molar-refractivity contribution in [1.29, 1.82) is 0 Å². The number of carbonyl (C=O) groups is 2. The summed E-state index contributed by atoms with van der Waals surface area (Å²) in [7, 11) is 0. The van der Waals surface area contributed by atoms with Crippen molar-refractivity contribution in [2.24, 2.45) is 11.3 Å².